The lowest BCUT2D eigenvalue weighted by Crippen LogP contribution is -2.28. The van der Waals surface area contributed by atoms with Crippen LogP contribution in [0.2, 0.25) is 0 Å². The summed E-state index contributed by atoms with van der Waals surface area (Å²) in [6, 6.07) is 0. The molecule has 1 N–H and O–H groups in total. The van der Waals surface area contributed by atoms with Crippen molar-refractivity contribution >= 4 is 0 Å². The maximum absolute atomic E-state index is 10.1. The molecule has 2 rings (SSSR count). The van der Waals surface area contributed by atoms with Crippen LogP contribution in [-0.2, 0) is 0 Å². The number of hydrogen-bond donors (Lipinski definition) is 1. The Bertz CT molecular complexity index is 227. The molecule has 1 saturated carbocycles. The molecule has 12 heavy (non-hydrogen) atoms. The maximum Gasteiger partial charge on any atom is 0.0659 e. The first kappa shape index (κ1) is 8.31. The van der Waals surface area contributed by atoms with E-state index in [4.69, 9.17) is 0 Å². The maximum atomic E-state index is 10.1. The summed E-state index contributed by atoms with van der Waals surface area (Å²) in [5.74, 6) is 1.20. The average molecular weight is 166 g/mol. The summed E-state index contributed by atoms with van der Waals surface area (Å²) in [6.45, 7) is 6.53. The van der Waals surface area contributed by atoms with E-state index in [1.807, 2.05) is 0 Å². The lowest BCUT2D eigenvalue weighted by Gasteiger charge is -2.25. The van der Waals surface area contributed by atoms with Crippen LogP contribution in [0.5, 0.6) is 0 Å². The Kier molecular flexibility index (Phi) is 1.63. The van der Waals surface area contributed by atoms with Crippen LogP contribution < -0.4 is 0 Å². The highest BCUT2D eigenvalue weighted by Gasteiger charge is 2.49. The Morgan fingerprint density at radius 1 is 1.50 bits per heavy atom. The van der Waals surface area contributed by atoms with E-state index in [-0.39, 0.29) is 11.5 Å². The van der Waals surface area contributed by atoms with Crippen LogP contribution in [0.3, 0.4) is 0 Å². The minimum Gasteiger partial charge on any atom is -0.392 e. The van der Waals surface area contributed by atoms with Crippen LogP contribution in [0.25, 0.3) is 0 Å². The first-order valence-electron chi connectivity index (χ1n) is 4.87. The molecule has 3 atom stereocenters. The van der Waals surface area contributed by atoms with Gasteiger partial charge in [0.25, 0.3) is 0 Å². The normalized spacial score (nSPS) is 44.3. The first-order chi connectivity index (χ1) is 5.52. The minimum absolute atomic E-state index is 0.110. The van der Waals surface area contributed by atoms with Gasteiger partial charge in [0.1, 0.15) is 0 Å². The zero-order valence-corrected chi connectivity index (χ0v) is 8.17. The third kappa shape index (κ3) is 0.957. The van der Waals surface area contributed by atoms with Crippen LogP contribution in [-0.4, -0.2) is 11.2 Å². The third-order valence-corrected chi connectivity index (χ3v) is 3.71. The second-order valence-electron chi connectivity index (χ2n) is 5.11. The number of rotatable bonds is 0. The number of fused-ring (bicyclic) bond motifs is 1. The lowest BCUT2D eigenvalue weighted by atomic mass is 9.85. The molecule has 0 unspecified atom stereocenters. The molecule has 0 saturated heterocycles. The molecule has 1 fully saturated rings. The van der Waals surface area contributed by atoms with Crippen LogP contribution in [0.1, 0.15) is 33.6 Å². The highest BCUT2D eigenvalue weighted by Crippen LogP contribution is 2.52. The molecule has 1 heteroatoms. The van der Waals surface area contributed by atoms with E-state index in [2.05, 4.69) is 26.8 Å². The molecule has 0 aromatic rings. The van der Waals surface area contributed by atoms with Gasteiger partial charge in [-0.2, -0.15) is 0 Å². The summed E-state index contributed by atoms with van der Waals surface area (Å²) in [5, 5.41) is 10.1. The fourth-order valence-electron chi connectivity index (χ4n) is 2.99. The number of allylic oxidation sites excluding steroid dienone is 1. The number of hydrogen-bond acceptors (Lipinski definition) is 1. The molecular weight excluding hydrogens is 148 g/mol. The van der Waals surface area contributed by atoms with Crippen LogP contribution in [0.15, 0.2) is 11.6 Å². The van der Waals surface area contributed by atoms with E-state index in [9.17, 15) is 5.11 Å². The minimum atomic E-state index is -0.110. The van der Waals surface area contributed by atoms with Crippen molar-refractivity contribution < 1.29 is 5.11 Å². The van der Waals surface area contributed by atoms with Crippen molar-refractivity contribution in [3.05, 3.63) is 11.6 Å². The van der Waals surface area contributed by atoms with Crippen LogP contribution in [0.4, 0.5) is 0 Å². The van der Waals surface area contributed by atoms with Gasteiger partial charge in [0.15, 0.2) is 0 Å². The van der Waals surface area contributed by atoms with Gasteiger partial charge >= 0.3 is 0 Å². The van der Waals surface area contributed by atoms with Crippen LogP contribution in [0, 0.1) is 17.3 Å². The van der Waals surface area contributed by atoms with Crippen molar-refractivity contribution in [2.75, 3.05) is 0 Å². The van der Waals surface area contributed by atoms with E-state index in [0.717, 1.165) is 5.92 Å². The van der Waals surface area contributed by atoms with Crippen molar-refractivity contribution in [3.63, 3.8) is 0 Å². The second-order valence-corrected chi connectivity index (χ2v) is 5.11. The predicted molar refractivity (Wildman–Crippen MR) is 49.8 cm³/mol. The summed E-state index contributed by atoms with van der Waals surface area (Å²) in [7, 11) is 0. The van der Waals surface area contributed by atoms with Gasteiger partial charge in [-0.05, 0) is 31.1 Å². The molecule has 2 aliphatic carbocycles. The van der Waals surface area contributed by atoms with Gasteiger partial charge in [0, 0.05) is 5.92 Å². The Morgan fingerprint density at radius 2 is 2.17 bits per heavy atom. The zero-order valence-electron chi connectivity index (χ0n) is 8.17. The Morgan fingerprint density at radius 3 is 2.75 bits per heavy atom. The third-order valence-electron chi connectivity index (χ3n) is 3.71. The van der Waals surface area contributed by atoms with Gasteiger partial charge in [-0.25, -0.2) is 0 Å². The van der Waals surface area contributed by atoms with Crippen LogP contribution >= 0.6 is 0 Å². The van der Waals surface area contributed by atoms with Gasteiger partial charge in [0.2, 0.25) is 0 Å². The molecular formula is C11H18O. The summed E-state index contributed by atoms with van der Waals surface area (Å²) in [5.41, 5.74) is 1.56. The van der Waals surface area contributed by atoms with Crippen molar-refractivity contribution in [3.8, 4) is 0 Å². The Hall–Kier alpha value is -0.300. The second kappa shape index (κ2) is 2.35. The smallest absolute Gasteiger partial charge is 0.0659 e. The van der Waals surface area contributed by atoms with E-state index in [1.54, 1.807) is 0 Å². The van der Waals surface area contributed by atoms with Crippen molar-refractivity contribution in [2.45, 2.75) is 39.7 Å². The predicted octanol–water partition coefficient (Wildman–Crippen LogP) is 2.36. The van der Waals surface area contributed by atoms with Gasteiger partial charge in [-0.15, -0.1) is 0 Å². The molecule has 2 aliphatic rings. The standard InChI is InChI=1S/C11H18O/c1-7-4-5-8-6-11(2,3)10(12)9(7)8/h4,8-10,12H,5-6H2,1-3H3/t8-,9-,10+/m0/s1. The molecule has 0 aromatic heterocycles. The molecule has 0 aromatic carbocycles. The highest BCUT2D eigenvalue weighted by molar-refractivity contribution is 5.20. The van der Waals surface area contributed by atoms with E-state index in [0.29, 0.717) is 5.92 Å². The summed E-state index contributed by atoms with van der Waals surface area (Å²) < 4.78 is 0. The van der Waals surface area contributed by atoms with Gasteiger partial charge in [-0.3, -0.25) is 0 Å². The fraction of sp³-hybridized carbons (Fsp3) is 0.818. The first-order valence-corrected chi connectivity index (χ1v) is 4.87. The zero-order chi connectivity index (χ0) is 8.93. The Labute approximate surface area is 74.5 Å². The monoisotopic (exact) mass is 166 g/mol. The highest BCUT2D eigenvalue weighted by atomic mass is 16.3. The van der Waals surface area contributed by atoms with Gasteiger partial charge < -0.3 is 5.11 Å². The molecule has 68 valence electrons. The molecule has 0 bridgehead atoms. The van der Waals surface area contributed by atoms with E-state index < -0.39 is 0 Å². The van der Waals surface area contributed by atoms with Crippen molar-refractivity contribution in [1.82, 2.24) is 0 Å². The quantitative estimate of drug-likeness (QED) is 0.548. The number of aliphatic hydroxyl groups is 1. The fourth-order valence-corrected chi connectivity index (χ4v) is 2.99. The van der Waals surface area contributed by atoms with Crippen molar-refractivity contribution in [2.24, 2.45) is 17.3 Å². The molecule has 0 radical (unpaired) electrons. The summed E-state index contributed by atoms with van der Waals surface area (Å²) in [4.78, 5) is 0. The van der Waals surface area contributed by atoms with E-state index >= 15 is 0 Å². The number of aliphatic hydroxyl groups excluding tert-OH is 1. The SMILES string of the molecule is CC1=CC[C@H]2CC(C)(C)[C@H](O)[C@@H]12. The molecule has 1 nitrogen and oxygen atoms in total. The largest absolute Gasteiger partial charge is 0.392 e. The lowest BCUT2D eigenvalue weighted by molar-refractivity contribution is 0.0556. The van der Waals surface area contributed by atoms with Gasteiger partial charge in [0.05, 0.1) is 6.10 Å². The molecule has 0 aliphatic heterocycles. The summed E-state index contributed by atoms with van der Waals surface area (Å²) >= 11 is 0. The molecule has 0 spiro atoms. The Balaban J connectivity index is 2.26. The molecule has 0 amide bonds. The summed E-state index contributed by atoms with van der Waals surface area (Å²) in [6.07, 6.45) is 4.57. The molecule has 0 heterocycles. The van der Waals surface area contributed by atoms with Crippen molar-refractivity contribution in [1.29, 1.82) is 0 Å². The van der Waals surface area contributed by atoms with E-state index in [1.165, 1.54) is 18.4 Å². The van der Waals surface area contributed by atoms with Gasteiger partial charge in [-0.1, -0.05) is 25.5 Å². The topological polar surface area (TPSA) is 20.2 Å². The average Bonchev–Trinajstić information content (AvgIpc) is 2.38.